The molecule has 0 saturated carbocycles. The van der Waals surface area contributed by atoms with Crippen molar-refractivity contribution >= 4 is 45.5 Å². The number of thioether (sulfide) groups is 1. The van der Waals surface area contributed by atoms with Gasteiger partial charge in [0.1, 0.15) is 17.2 Å². The van der Waals surface area contributed by atoms with Gasteiger partial charge in [0.25, 0.3) is 5.56 Å². The fraction of sp³-hybridized carbons (Fsp3) is 0.278. The van der Waals surface area contributed by atoms with Gasteiger partial charge in [-0.2, -0.15) is 0 Å². The Labute approximate surface area is 178 Å². The molecule has 3 rings (SSSR count). The quantitative estimate of drug-likeness (QED) is 0.352. The molecule has 0 saturated heterocycles. The van der Waals surface area contributed by atoms with Crippen LogP contribution in [-0.2, 0) is 6.54 Å². The first kappa shape index (κ1) is 21.7. The summed E-state index contributed by atoms with van der Waals surface area (Å²) in [4.78, 5) is 38.9. The highest BCUT2D eigenvalue weighted by atomic mass is 32.2. The Morgan fingerprint density at radius 1 is 1.33 bits per heavy atom. The third-order valence-electron chi connectivity index (χ3n) is 3.91. The number of halogens is 1. The van der Waals surface area contributed by atoms with Crippen molar-refractivity contribution in [2.45, 2.75) is 24.7 Å². The van der Waals surface area contributed by atoms with Crippen LogP contribution < -0.4 is 22.3 Å². The molecule has 4 N–H and O–H groups in total. The van der Waals surface area contributed by atoms with Crippen molar-refractivity contribution in [3.8, 4) is 0 Å². The smallest absolute Gasteiger partial charge is 0.329 e. The number of carbonyl (C=O) groups is 1. The molecule has 0 radical (unpaired) electrons. The van der Waals surface area contributed by atoms with Crippen molar-refractivity contribution in [1.82, 2.24) is 19.7 Å². The maximum atomic E-state index is 13.7. The maximum absolute atomic E-state index is 13.7. The van der Waals surface area contributed by atoms with E-state index in [4.69, 9.17) is 5.73 Å². The Morgan fingerprint density at radius 2 is 2.07 bits per heavy atom. The molecule has 0 aliphatic heterocycles. The van der Waals surface area contributed by atoms with Crippen molar-refractivity contribution < 1.29 is 9.18 Å². The summed E-state index contributed by atoms with van der Waals surface area (Å²) in [7, 11) is 0. The van der Waals surface area contributed by atoms with Crippen molar-refractivity contribution in [1.29, 1.82) is 0 Å². The van der Waals surface area contributed by atoms with Crippen LogP contribution in [0.2, 0.25) is 0 Å². The average molecular weight is 451 g/mol. The van der Waals surface area contributed by atoms with Crippen LogP contribution in [0, 0.1) is 11.7 Å². The van der Waals surface area contributed by atoms with E-state index in [0.29, 0.717) is 9.47 Å². The molecule has 0 atom stereocenters. The molecule has 1 aromatic carbocycles. The van der Waals surface area contributed by atoms with Gasteiger partial charge >= 0.3 is 5.69 Å². The minimum Gasteiger partial charge on any atom is -0.384 e. The molecule has 0 fully saturated rings. The average Bonchev–Trinajstić information content (AvgIpc) is 3.12. The molecule has 2 heterocycles. The number of Topliss-reactive ketones (excluding diaryl/α,β-unsaturated/α-hetero) is 1. The van der Waals surface area contributed by atoms with Crippen LogP contribution in [-0.4, -0.2) is 31.3 Å². The lowest BCUT2D eigenvalue weighted by atomic mass is 10.2. The first-order chi connectivity index (χ1) is 14.3. The van der Waals surface area contributed by atoms with Crippen molar-refractivity contribution in [2.75, 3.05) is 16.8 Å². The van der Waals surface area contributed by atoms with Crippen molar-refractivity contribution in [3.05, 3.63) is 56.5 Å². The third-order valence-corrected chi connectivity index (χ3v) is 5.89. The molecule has 0 spiro atoms. The summed E-state index contributed by atoms with van der Waals surface area (Å²) in [5.74, 6) is -1.14. The van der Waals surface area contributed by atoms with Crippen LogP contribution in [0.15, 0.2) is 38.2 Å². The third kappa shape index (κ3) is 4.94. The van der Waals surface area contributed by atoms with Gasteiger partial charge in [0, 0.05) is 6.54 Å². The molecule has 2 aromatic heterocycles. The number of rotatable bonds is 8. The predicted molar refractivity (Wildman–Crippen MR) is 115 cm³/mol. The Morgan fingerprint density at radius 3 is 2.77 bits per heavy atom. The Balaban J connectivity index is 1.72. The number of nitrogens with zero attached hydrogens (tertiary/aromatic N) is 3. The number of nitrogens with two attached hydrogens (primary N) is 1. The van der Waals surface area contributed by atoms with Gasteiger partial charge in [-0.3, -0.25) is 19.1 Å². The fourth-order valence-electron chi connectivity index (χ4n) is 2.60. The number of hydrogen-bond donors (Lipinski definition) is 3. The van der Waals surface area contributed by atoms with Crippen LogP contribution in [0.5, 0.6) is 0 Å². The van der Waals surface area contributed by atoms with E-state index in [1.807, 2.05) is 13.8 Å². The molecule has 9 nitrogen and oxygen atoms in total. The second-order valence-electron chi connectivity index (χ2n) is 6.71. The van der Waals surface area contributed by atoms with Gasteiger partial charge in [-0.05, 0) is 18.1 Å². The molecule has 30 heavy (non-hydrogen) atoms. The first-order valence-corrected chi connectivity index (χ1v) is 10.7. The van der Waals surface area contributed by atoms with Gasteiger partial charge in [0.05, 0.1) is 11.4 Å². The number of aromatic nitrogens is 4. The molecule has 158 valence electrons. The minimum absolute atomic E-state index is 0.0926. The predicted octanol–water partition coefficient (Wildman–Crippen LogP) is 2.48. The van der Waals surface area contributed by atoms with Gasteiger partial charge < -0.3 is 11.1 Å². The van der Waals surface area contributed by atoms with Crippen LogP contribution in [0.3, 0.4) is 0 Å². The van der Waals surface area contributed by atoms with Crippen LogP contribution in [0.25, 0.3) is 0 Å². The number of nitrogens with one attached hydrogen (secondary N) is 2. The molecule has 0 aliphatic rings. The Bertz CT molecular complexity index is 1190. The van der Waals surface area contributed by atoms with E-state index in [2.05, 4.69) is 20.5 Å². The first-order valence-electron chi connectivity index (χ1n) is 8.90. The van der Waals surface area contributed by atoms with Gasteiger partial charge in [0.15, 0.2) is 10.1 Å². The molecule has 0 amide bonds. The van der Waals surface area contributed by atoms with Gasteiger partial charge in [0.2, 0.25) is 5.13 Å². The monoisotopic (exact) mass is 450 g/mol. The highest BCUT2D eigenvalue weighted by molar-refractivity contribution is 8.01. The molecule has 0 aliphatic carbocycles. The van der Waals surface area contributed by atoms with Crippen LogP contribution in [0.1, 0.15) is 24.2 Å². The molecular weight excluding hydrogens is 431 g/mol. The standard InChI is InChI=1S/C18H19FN6O3S2/c1-9(2)7-25-14(20)13(15(27)22-17(25)28)12(26)8-29-18-24-23-16(30-18)21-11-6-4-3-5-10(11)19/h3-6,9H,7-8,20H2,1-2H3,(H,21,23)(H,22,27,28). The number of para-hydroxylation sites is 1. The lowest BCUT2D eigenvalue weighted by Crippen LogP contribution is -2.37. The zero-order valence-corrected chi connectivity index (χ0v) is 17.8. The summed E-state index contributed by atoms with van der Waals surface area (Å²) in [6.07, 6.45) is 0. The van der Waals surface area contributed by atoms with E-state index in [1.54, 1.807) is 18.2 Å². The van der Waals surface area contributed by atoms with E-state index < -0.39 is 22.8 Å². The molecular formula is C18H19FN6O3S2. The minimum atomic E-state index is -0.817. The highest BCUT2D eigenvalue weighted by Crippen LogP contribution is 2.29. The zero-order chi connectivity index (χ0) is 21.8. The van der Waals surface area contributed by atoms with Gasteiger partial charge in [-0.25, -0.2) is 9.18 Å². The van der Waals surface area contributed by atoms with E-state index in [0.717, 1.165) is 23.1 Å². The lowest BCUT2D eigenvalue weighted by molar-refractivity contribution is 0.102. The Hall–Kier alpha value is -2.99. The van der Waals surface area contributed by atoms with Gasteiger partial charge in [-0.1, -0.05) is 49.1 Å². The normalized spacial score (nSPS) is 11.1. The summed E-state index contributed by atoms with van der Waals surface area (Å²) in [5.41, 5.74) is 4.49. The molecule has 3 aromatic rings. The van der Waals surface area contributed by atoms with E-state index in [9.17, 15) is 18.8 Å². The topological polar surface area (TPSA) is 136 Å². The summed E-state index contributed by atoms with van der Waals surface area (Å²) in [6.45, 7) is 4.05. The fourth-order valence-corrected chi connectivity index (χ4v) is 4.24. The van der Waals surface area contributed by atoms with Crippen LogP contribution >= 0.6 is 23.1 Å². The lowest BCUT2D eigenvalue weighted by Gasteiger charge is -2.13. The summed E-state index contributed by atoms with van der Waals surface area (Å²) < 4.78 is 15.4. The summed E-state index contributed by atoms with van der Waals surface area (Å²) >= 11 is 2.20. The maximum Gasteiger partial charge on any atom is 0.329 e. The number of ketones is 1. The van der Waals surface area contributed by atoms with E-state index >= 15 is 0 Å². The van der Waals surface area contributed by atoms with E-state index in [1.165, 1.54) is 10.6 Å². The number of H-pyrrole nitrogens is 1. The van der Waals surface area contributed by atoms with Crippen molar-refractivity contribution in [3.63, 3.8) is 0 Å². The van der Waals surface area contributed by atoms with E-state index in [-0.39, 0.29) is 35.3 Å². The molecule has 0 unspecified atom stereocenters. The number of hydrogen-bond acceptors (Lipinski definition) is 9. The molecule has 0 bridgehead atoms. The number of benzene rings is 1. The largest absolute Gasteiger partial charge is 0.384 e. The Kier molecular flexibility index (Phi) is 6.67. The zero-order valence-electron chi connectivity index (χ0n) is 16.1. The number of nitrogen functional groups attached to an aromatic ring is 1. The number of carbonyl (C=O) groups excluding carboxylic acids is 1. The SMILES string of the molecule is CC(C)Cn1c(N)c(C(=O)CSc2nnc(Nc3ccccc3F)s2)c(=O)[nH]c1=O. The highest BCUT2D eigenvalue weighted by Gasteiger charge is 2.20. The summed E-state index contributed by atoms with van der Waals surface area (Å²) in [6, 6.07) is 6.14. The van der Waals surface area contributed by atoms with Gasteiger partial charge in [-0.15, -0.1) is 10.2 Å². The molecule has 12 heteroatoms. The van der Waals surface area contributed by atoms with Crippen molar-refractivity contribution in [2.24, 2.45) is 5.92 Å². The number of aromatic amines is 1. The summed E-state index contributed by atoms with van der Waals surface area (Å²) in [5, 5.41) is 11.0. The second kappa shape index (κ2) is 9.22. The number of anilines is 3. The van der Waals surface area contributed by atoms with Crippen LogP contribution in [0.4, 0.5) is 21.0 Å². The second-order valence-corrected chi connectivity index (χ2v) is 8.91.